The zero-order chi connectivity index (χ0) is 15.8. The van der Waals surface area contributed by atoms with Crippen LogP contribution in [0.15, 0.2) is 24.3 Å². The highest BCUT2D eigenvalue weighted by atomic mass is 35.5. The molecule has 4 nitrogen and oxygen atoms in total. The van der Waals surface area contributed by atoms with E-state index in [4.69, 9.17) is 16.7 Å². The number of unbranched alkanes of at least 4 members (excludes halogenated alkanes) is 2. The van der Waals surface area contributed by atoms with Crippen LogP contribution < -0.4 is 0 Å². The summed E-state index contributed by atoms with van der Waals surface area (Å²) in [7, 11) is 0. The lowest BCUT2D eigenvalue weighted by molar-refractivity contribution is -0.132. The molecule has 1 aliphatic rings. The second-order valence-electron chi connectivity index (χ2n) is 5.77. The summed E-state index contributed by atoms with van der Waals surface area (Å²) in [5.41, 5.74) is 0.903. The summed E-state index contributed by atoms with van der Waals surface area (Å²) >= 11 is 6.12. The van der Waals surface area contributed by atoms with E-state index >= 15 is 0 Å². The number of benzene rings is 1. The average molecular weight is 325 g/mol. The van der Waals surface area contributed by atoms with Gasteiger partial charge >= 0.3 is 0 Å². The van der Waals surface area contributed by atoms with E-state index in [1.54, 1.807) is 0 Å². The lowest BCUT2D eigenvalue weighted by Crippen LogP contribution is -2.49. The highest BCUT2D eigenvalue weighted by molar-refractivity contribution is 6.31. The van der Waals surface area contributed by atoms with Crippen LogP contribution in [0, 0.1) is 0 Å². The molecule has 0 aromatic heterocycles. The number of carbonyl (C=O) groups is 1. The molecule has 22 heavy (non-hydrogen) atoms. The number of halogens is 1. The van der Waals surface area contributed by atoms with Gasteiger partial charge in [-0.15, -0.1) is 0 Å². The Morgan fingerprint density at radius 2 is 1.82 bits per heavy atom. The molecule has 1 fully saturated rings. The number of hydrogen-bond donors (Lipinski definition) is 1. The molecule has 0 bridgehead atoms. The summed E-state index contributed by atoms with van der Waals surface area (Å²) < 4.78 is 0. The molecule has 1 aromatic rings. The normalized spacial score (nSPS) is 16.0. The third-order valence-electron chi connectivity index (χ3n) is 4.16. The first-order valence-electron chi connectivity index (χ1n) is 8.05. The van der Waals surface area contributed by atoms with Gasteiger partial charge in [-0.1, -0.05) is 29.8 Å². The van der Waals surface area contributed by atoms with Crippen LogP contribution in [-0.2, 0) is 11.2 Å². The van der Waals surface area contributed by atoms with Gasteiger partial charge in [0.25, 0.3) is 0 Å². The van der Waals surface area contributed by atoms with Gasteiger partial charge in [0.2, 0.25) is 5.91 Å². The molecule has 1 saturated heterocycles. The quantitative estimate of drug-likeness (QED) is 0.782. The number of rotatable bonds is 7. The van der Waals surface area contributed by atoms with Crippen molar-refractivity contribution in [3.05, 3.63) is 34.9 Å². The van der Waals surface area contributed by atoms with Crippen molar-refractivity contribution in [3.8, 4) is 0 Å². The van der Waals surface area contributed by atoms with Gasteiger partial charge in [-0.2, -0.15) is 0 Å². The molecule has 5 heteroatoms. The standard InChI is InChI=1S/C17H25ClN2O2/c18-16-7-3-2-6-15(16)14-17(22)20-11-9-19(10-12-20)8-4-1-5-13-21/h2-3,6-7,21H,1,4-5,8-14H2. The Kier molecular flexibility index (Phi) is 7.16. The predicted molar refractivity (Wildman–Crippen MR) is 89.1 cm³/mol. The molecule has 0 aliphatic carbocycles. The maximum atomic E-state index is 12.3. The fourth-order valence-electron chi connectivity index (χ4n) is 2.76. The van der Waals surface area contributed by atoms with Crippen LogP contribution in [-0.4, -0.2) is 60.1 Å². The Balaban J connectivity index is 1.72. The van der Waals surface area contributed by atoms with E-state index in [0.29, 0.717) is 11.4 Å². The van der Waals surface area contributed by atoms with Crippen molar-refractivity contribution in [1.82, 2.24) is 9.80 Å². The molecule has 1 heterocycles. The maximum Gasteiger partial charge on any atom is 0.227 e. The molecule has 0 unspecified atom stereocenters. The van der Waals surface area contributed by atoms with E-state index < -0.39 is 0 Å². The number of aliphatic hydroxyl groups excluding tert-OH is 1. The smallest absolute Gasteiger partial charge is 0.227 e. The van der Waals surface area contributed by atoms with Crippen molar-refractivity contribution in [2.24, 2.45) is 0 Å². The number of nitrogens with zero attached hydrogens (tertiary/aromatic N) is 2. The first-order valence-corrected chi connectivity index (χ1v) is 8.43. The number of amides is 1. The van der Waals surface area contributed by atoms with E-state index in [2.05, 4.69) is 4.90 Å². The van der Waals surface area contributed by atoms with Crippen LogP contribution in [0.4, 0.5) is 0 Å². The molecule has 122 valence electrons. The van der Waals surface area contributed by atoms with Gasteiger partial charge in [0.1, 0.15) is 0 Å². The minimum Gasteiger partial charge on any atom is -0.396 e. The summed E-state index contributed by atoms with van der Waals surface area (Å²) in [5, 5.41) is 9.44. The highest BCUT2D eigenvalue weighted by Crippen LogP contribution is 2.16. The van der Waals surface area contributed by atoms with Crippen molar-refractivity contribution >= 4 is 17.5 Å². The molecule has 0 saturated carbocycles. The molecule has 0 spiro atoms. The number of carbonyl (C=O) groups excluding carboxylic acids is 1. The zero-order valence-electron chi connectivity index (χ0n) is 13.0. The van der Waals surface area contributed by atoms with Crippen molar-refractivity contribution in [1.29, 1.82) is 0 Å². The van der Waals surface area contributed by atoms with Crippen LogP contribution in [0.5, 0.6) is 0 Å². The summed E-state index contributed by atoms with van der Waals surface area (Å²) in [6.45, 7) is 4.81. The van der Waals surface area contributed by atoms with Crippen LogP contribution in [0.1, 0.15) is 24.8 Å². The second kappa shape index (κ2) is 9.13. The Labute approximate surface area is 137 Å². The van der Waals surface area contributed by atoms with E-state index in [1.807, 2.05) is 29.2 Å². The summed E-state index contributed by atoms with van der Waals surface area (Å²) in [5.74, 6) is 0.160. The molecule has 2 rings (SSSR count). The van der Waals surface area contributed by atoms with Gasteiger partial charge in [-0.05, 0) is 37.4 Å². The molecule has 0 atom stereocenters. The maximum absolute atomic E-state index is 12.3. The summed E-state index contributed by atoms with van der Waals surface area (Å²) in [6, 6.07) is 7.54. The zero-order valence-corrected chi connectivity index (χ0v) is 13.8. The Bertz CT molecular complexity index is 473. The van der Waals surface area contributed by atoms with Gasteiger partial charge < -0.3 is 10.0 Å². The van der Waals surface area contributed by atoms with Gasteiger partial charge in [0.15, 0.2) is 0 Å². The third-order valence-corrected chi connectivity index (χ3v) is 4.53. The number of hydrogen-bond acceptors (Lipinski definition) is 3. The SMILES string of the molecule is O=C(Cc1ccccc1Cl)N1CCN(CCCCCO)CC1. The van der Waals surface area contributed by atoms with Crippen LogP contribution >= 0.6 is 11.6 Å². The summed E-state index contributed by atoms with van der Waals surface area (Å²) in [4.78, 5) is 16.7. The fraction of sp³-hybridized carbons (Fsp3) is 0.588. The van der Waals surface area contributed by atoms with E-state index in [0.717, 1.165) is 57.5 Å². The van der Waals surface area contributed by atoms with Gasteiger partial charge in [-0.25, -0.2) is 0 Å². The molecular weight excluding hydrogens is 300 g/mol. The van der Waals surface area contributed by atoms with Gasteiger partial charge in [0.05, 0.1) is 6.42 Å². The topological polar surface area (TPSA) is 43.8 Å². The molecule has 1 aliphatic heterocycles. The monoisotopic (exact) mass is 324 g/mol. The van der Waals surface area contributed by atoms with E-state index in [9.17, 15) is 4.79 Å². The minimum atomic E-state index is 0.160. The number of aliphatic hydroxyl groups is 1. The average Bonchev–Trinajstić information content (AvgIpc) is 2.54. The summed E-state index contributed by atoms with van der Waals surface area (Å²) in [6.07, 6.45) is 3.46. The molecule has 1 aromatic carbocycles. The lowest BCUT2D eigenvalue weighted by atomic mass is 10.1. The first kappa shape index (κ1) is 17.3. The van der Waals surface area contributed by atoms with Gasteiger partial charge in [0, 0.05) is 37.8 Å². The molecule has 0 radical (unpaired) electrons. The van der Waals surface area contributed by atoms with Crippen molar-refractivity contribution in [2.45, 2.75) is 25.7 Å². The molecule has 1 amide bonds. The Morgan fingerprint density at radius 3 is 2.50 bits per heavy atom. The van der Waals surface area contributed by atoms with Crippen LogP contribution in [0.2, 0.25) is 5.02 Å². The first-order chi connectivity index (χ1) is 10.7. The van der Waals surface area contributed by atoms with E-state index in [-0.39, 0.29) is 12.5 Å². The van der Waals surface area contributed by atoms with Crippen LogP contribution in [0.3, 0.4) is 0 Å². The lowest BCUT2D eigenvalue weighted by Gasteiger charge is -2.34. The van der Waals surface area contributed by atoms with Crippen molar-refractivity contribution in [3.63, 3.8) is 0 Å². The molecular formula is C17H25ClN2O2. The van der Waals surface area contributed by atoms with Crippen molar-refractivity contribution < 1.29 is 9.90 Å². The fourth-order valence-corrected chi connectivity index (χ4v) is 2.96. The Hall–Kier alpha value is -1.10. The Morgan fingerprint density at radius 1 is 1.09 bits per heavy atom. The largest absolute Gasteiger partial charge is 0.396 e. The third kappa shape index (κ3) is 5.27. The van der Waals surface area contributed by atoms with Crippen LogP contribution in [0.25, 0.3) is 0 Å². The second-order valence-corrected chi connectivity index (χ2v) is 6.18. The van der Waals surface area contributed by atoms with Gasteiger partial charge in [-0.3, -0.25) is 9.69 Å². The number of piperazine rings is 1. The predicted octanol–water partition coefficient (Wildman–Crippen LogP) is 2.19. The minimum absolute atomic E-state index is 0.160. The molecule has 1 N–H and O–H groups in total. The highest BCUT2D eigenvalue weighted by Gasteiger charge is 2.21. The van der Waals surface area contributed by atoms with Crippen molar-refractivity contribution in [2.75, 3.05) is 39.3 Å². The van der Waals surface area contributed by atoms with E-state index in [1.165, 1.54) is 0 Å².